The molecule has 0 radical (unpaired) electrons. The van der Waals surface area contributed by atoms with Gasteiger partial charge in [-0.3, -0.25) is 14.4 Å². The van der Waals surface area contributed by atoms with Gasteiger partial charge in [0.15, 0.2) is 5.82 Å². The molecule has 0 bridgehead atoms. The minimum absolute atomic E-state index is 0.159. The number of primary amides is 1. The molecule has 8 heteroatoms. The fourth-order valence-electron chi connectivity index (χ4n) is 4.55. The second-order valence-corrected chi connectivity index (χ2v) is 9.56. The summed E-state index contributed by atoms with van der Waals surface area (Å²) in [5, 5.41) is 10.6. The molecule has 1 amide bonds. The van der Waals surface area contributed by atoms with Gasteiger partial charge in [-0.15, -0.1) is 21.5 Å². The first kappa shape index (κ1) is 17.4. The molecule has 1 spiro atoms. The van der Waals surface area contributed by atoms with Gasteiger partial charge in [-0.2, -0.15) is 0 Å². The van der Waals surface area contributed by atoms with Gasteiger partial charge in [0.2, 0.25) is 5.91 Å². The van der Waals surface area contributed by atoms with Gasteiger partial charge in [0.1, 0.15) is 16.4 Å². The van der Waals surface area contributed by atoms with Gasteiger partial charge in [-0.25, -0.2) is 0 Å². The van der Waals surface area contributed by atoms with E-state index in [9.17, 15) is 4.79 Å². The second kappa shape index (κ2) is 5.77. The van der Waals surface area contributed by atoms with Crippen LogP contribution in [0.1, 0.15) is 46.1 Å². The smallest absolute Gasteiger partial charge is 0.221 e. The molecule has 1 atom stereocenters. The van der Waals surface area contributed by atoms with Crippen molar-refractivity contribution in [2.75, 3.05) is 0 Å². The summed E-state index contributed by atoms with van der Waals surface area (Å²) in [6.07, 6.45) is 3.21. The van der Waals surface area contributed by atoms with Crippen LogP contribution in [0.5, 0.6) is 0 Å². The molecule has 6 rings (SSSR count). The first-order valence-corrected chi connectivity index (χ1v) is 10.9. The predicted molar refractivity (Wildman–Crippen MR) is 112 cm³/mol. The topological polar surface area (TPSA) is 86.2 Å². The van der Waals surface area contributed by atoms with E-state index in [0.717, 1.165) is 46.3 Å². The molecule has 1 fully saturated rings. The SMILES string of the molecule is Cc1nnc2n1-c1sc3c(c1C(c1ccccc1Cl)=NC21CC1)C[C@H](C(N)=O)C3. The molecule has 1 aromatic carbocycles. The number of nitrogens with two attached hydrogens (primary N) is 1. The highest BCUT2D eigenvalue weighted by Gasteiger charge is 2.52. The lowest BCUT2D eigenvalue weighted by Crippen LogP contribution is -2.23. The Morgan fingerprint density at radius 2 is 2.07 bits per heavy atom. The number of rotatable bonds is 2. The molecule has 3 aromatic rings. The number of aryl methyl sites for hydroxylation is 1. The van der Waals surface area contributed by atoms with Crippen LogP contribution in [0.25, 0.3) is 5.00 Å². The molecule has 2 aromatic heterocycles. The van der Waals surface area contributed by atoms with Crippen LogP contribution >= 0.6 is 22.9 Å². The third kappa shape index (κ3) is 2.34. The Balaban J connectivity index is 1.67. The van der Waals surface area contributed by atoms with E-state index in [1.165, 1.54) is 10.4 Å². The first-order chi connectivity index (χ1) is 14.0. The van der Waals surface area contributed by atoms with Gasteiger partial charge < -0.3 is 5.73 Å². The zero-order valence-electron chi connectivity index (χ0n) is 15.8. The van der Waals surface area contributed by atoms with Crippen LogP contribution in [0, 0.1) is 12.8 Å². The highest BCUT2D eigenvalue weighted by molar-refractivity contribution is 7.15. The van der Waals surface area contributed by atoms with Crippen molar-refractivity contribution in [1.82, 2.24) is 14.8 Å². The number of hydrogen-bond donors (Lipinski definition) is 1. The van der Waals surface area contributed by atoms with Crippen LogP contribution in [0.3, 0.4) is 0 Å². The summed E-state index contributed by atoms with van der Waals surface area (Å²) in [6.45, 7) is 1.98. The second-order valence-electron chi connectivity index (χ2n) is 8.07. The normalized spacial score (nSPS) is 20.6. The van der Waals surface area contributed by atoms with Crippen LogP contribution in [0.4, 0.5) is 0 Å². The maximum absolute atomic E-state index is 11.9. The lowest BCUT2D eigenvalue weighted by molar-refractivity contribution is -0.121. The molecule has 2 aliphatic carbocycles. The standard InChI is InChI=1S/C21H18ClN5OS/c1-10-25-26-20-21(6-7-21)24-17(12-4-2-3-5-14(12)22)16-13-8-11(18(23)28)9-15(13)29-19(16)27(10)20/h2-5,11H,6-9H2,1H3,(H2,23,28)/t11-/m0/s1. The molecule has 6 nitrogen and oxygen atoms in total. The summed E-state index contributed by atoms with van der Waals surface area (Å²) in [7, 11) is 0. The minimum atomic E-state index is -0.344. The van der Waals surface area contributed by atoms with E-state index in [2.05, 4.69) is 14.8 Å². The number of carbonyl (C=O) groups is 1. The maximum Gasteiger partial charge on any atom is 0.221 e. The summed E-state index contributed by atoms with van der Waals surface area (Å²) >= 11 is 8.32. The van der Waals surface area contributed by atoms with E-state index in [1.807, 2.05) is 31.2 Å². The first-order valence-electron chi connectivity index (χ1n) is 9.70. The van der Waals surface area contributed by atoms with Gasteiger partial charge in [0.05, 0.1) is 5.71 Å². The van der Waals surface area contributed by atoms with E-state index < -0.39 is 0 Å². The average molecular weight is 424 g/mol. The van der Waals surface area contributed by atoms with Gasteiger partial charge in [0, 0.05) is 26.9 Å². The summed E-state index contributed by atoms with van der Waals surface area (Å²) in [5.41, 5.74) is 9.35. The van der Waals surface area contributed by atoms with Crippen molar-refractivity contribution < 1.29 is 4.79 Å². The summed E-state index contributed by atoms with van der Waals surface area (Å²) in [5.74, 6) is 1.36. The van der Waals surface area contributed by atoms with Crippen molar-refractivity contribution in [3.05, 3.63) is 62.5 Å². The van der Waals surface area contributed by atoms with E-state index in [-0.39, 0.29) is 17.4 Å². The van der Waals surface area contributed by atoms with Crippen LogP contribution in [-0.4, -0.2) is 26.4 Å². The Hall–Kier alpha value is -2.51. The molecule has 29 heavy (non-hydrogen) atoms. The predicted octanol–water partition coefficient (Wildman–Crippen LogP) is 3.33. The molecule has 1 saturated carbocycles. The van der Waals surface area contributed by atoms with Gasteiger partial charge >= 0.3 is 0 Å². The van der Waals surface area contributed by atoms with Gasteiger partial charge in [-0.05, 0) is 44.2 Å². The van der Waals surface area contributed by atoms with Crippen molar-refractivity contribution in [3.8, 4) is 5.00 Å². The fraction of sp³-hybridized carbons (Fsp3) is 0.333. The van der Waals surface area contributed by atoms with E-state index in [1.54, 1.807) is 11.3 Å². The van der Waals surface area contributed by atoms with Crippen LogP contribution < -0.4 is 5.73 Å². The summed E-state index contributed by atoms with van der Waals surface area (Å²) < 4.78 is 2.16. The van der Waals surface area contributed by atoms with Crippen LogP contribution in [-0.2, 0) is 23.2 Å². The number of benzene rings is 1. The third-order valence-electron chi connectivity index (χ3n) is 6.22. The van der Waals surface area contributed by atoms with E-state index in [4.69, 9.17) is 22.3 Å². The number of carbonyl (C=O) groups excluding carboxylic acids is 1. The summed E-state index contributed by atoms with van der Waals surface area (Å²) in [6, 6.07) is 7.83. The average Bonchev–Trinajstić information content (AvgIpc) is 3.04. The number of nitrogens with zero attached hydrogens (tertiary/aromatic N) is 4. The molecule has 0 saturated heterocycles. The molecule has 146 valence electrons. The summed E-state index contributed by atoms with van der Waals surface area (Å²) in [4.78, 5) is 18.3. The number of amides is 1. The van der Waals surface area contributed by atoms with E-state index in [0.29, 0.717) is 17.9 Å². The Bertz CT molecular complexity index is 1240. The molecular formula is C21H18ClN5OS. The number of fused-ring (bicyclic) bond motifs is 6. The van der Waals surface area contributed by atoms with Crippen molar-refractivity contribution in [1.29, 1.82) is 0 Å². The monoisotopic (exact) mass is 423 g/mol. The Labute approximate surface area is 176 Å². The number of aromatic nitrogens is 3. The highest BCUT2D eigenvalue weighted by atomic mass is 35.5. The van der Waals surface area contributed by atoms with Crippen LogP contribution in [0.15, 0.2) is 29.3 Å². The van der Waals surface area contributed by atoms with Crippen LogP contribution in [0.2, 0.25) is 5.02 Å². The number of hydrogen-bond acceptors (Lipinski definition) is 5. The molecule has 1 aliphatic heterocycles. The van der Waals surface area contributed by atoms with E-state index >= 15 is 0 Å². The molecule has 3 heterocycles. The Morgan fingerprint density at radius 1 is 1.28 bits per heavy atom. The lowest BCUT2D eigenvalue weighted by Gasteiger charge is -2.12. The van der Waals surface area contributed by atoms with Crippen molar-refractivity contribution >= 4 is 34.6 Å². The van der Waals surface area contributed by atoms with Gasteiger partial charge in [0.25, 0.3) is 0 Å². The number of aliphatic imine (C=N–C) groups is 1. The zero-order chi connectivity index (χ0) is 19.9. The minimum Gasteiger partial charge on any atom is -0.369 e. The fourth-order valence-corrected chi connectivity index (χ4v) is 6.24. The third-order valence-corrected chi connectivity index (χ3v) is 7.79. The zero-order valence-corrected chi connectivity index (χ0v) is 17.3. The largest absolute Gasteiger partial charge is 0.369 e. The van der Waals surface area contributed by atoms with Crippen molar-refractivity contribution in [3.63, 3.8) is 0 Å². The highest BCUT2D eigenvalue weighted by Crippen LogP contribution is 2.54. The Kier molecular flexibility index (Phi) is 3.45. The molecule has 0 unspecified atom stereocenters. The maximum atomic E-state index is 11.9. The number of thiophene rings is 1. The molecule has 2 N–H and O–H groups in total. The lowest BCUT2D eigenvalue weighted by atomic mass is 9.97. The molecule has 3 aliphatic rings. The van der Waals surface area contributed by atoms with Crippen molar-refractivity contribution in [2.24, 2.45) is 16.6 Å². The number of halogens is 1. The van der Waals surface area contributed by atoms with Gasteiger partial charge in [-0.1, -0.05) is 29.8 Å². The Morgan fingerprint density at radius 3 is 2.79 bits per heavy atom. The van der Waals surface area contributed by atoms with Crippen molar-refractivity contribution in [2.45, 2.75) is 38.1 Å². The quantitative estimate of drug-likeness (QED) is 0.685. The molecular weight excluding hydrogens is 406 g/mol.